The Kier molecular flexibility index (Phi) is 5.35. The third-order valence-corrected chi connectivity index (χ3v) is 5.76. The van der Waals surface area contributed by atoms with Crippen molar-refractivity contribution in [3.8, 4) is 11.3 Å². The van der Waals surface area contributed by atoms with Gasteiger partial charge in [0.25, 0.3) is 0 Å². The fourth-order valence-electron chi connectivity index (χ4n) is 3.62. The SMILES string of the molecule is Cc1ccc(-c2nc3c(C)cccn3c2CC(=O)Nc2cc(Cl)ccc2C)cc1C. The summed E-state index contributed by atoms with van der Waals surface area (Å²) in [7, 11) is 0. The number of aromatic nitrogens is 2. The van der Waals surface area contributed by atoms with Crippen LogP contribution >= 0.6 is 11.6 Å². The van der Waals surface area contributed by atoms with Crippen LogP contribution in [0.4, 0.5) is 5.69 Å². The highest BCUT2D eigenvalue weighted by Gasteiger charge is 2.19. The van der Waals surface area contributed by atoms with Gasteiger partial charge >= 0.3 is 0 Å². The van der Waals surface area contributed by atoms with Gasteiger partial charge in [0.2, 0.25) is 5.91 Å². The monoisotopic (exact) mass is 417 g/mol. The molecular formula is C25H24ClN3O. The van der Waals surface area contributed by atoms with Gasteiger partial charge in [0.15, 0.2) is 0 Å². The van der Waals surface area contributed by atoms with E-state index in [1.807, 2.05) is 48.7 Å². The molecule has 1 N–H and O–H groups in total. The summed E-state index contributed by atoms with van der Waals surface area (Å²) < 4.78 is 2.02. The largest absolute Gasteiger partial charge is 0.325 e. The Morgan fingerprint density at radius 1 is 0.967 bits per heavy atom. The number of halogens is 1. The standard InChI is InChI=1S/C25H24ClN3O/c1-15-7-9-19(12-18(15)4)24-22(29-11-5-6-17(3)25(29)28-24)14-23(30)27-21-13-20(26)10-8-16(21)2/h5-13H,14H2,1-4H3,(H,27,30). The van der Waals surface area contributed by atoms with Crippen molar-refractivity contribution in [3.05, 3.63) is 87.7 Å². The highest BCUT2D eigenvalue weighted by molar-refractivity contribution is 6.31. The van der Waals surface area contributed by atoms with Crippen molar-refractivity contribution in [1.29, 1.82) is 0 Å². The molecule has 0 aliphatic rings. The van der Waals surface area contributed by atoms with Crippen molar-refractivity contribution in [2.24, 2.45) is 0 Å². The molecule has 0 fully saturated rings. The molecule has 1 amide bonds. The first-order valence-electron chi connectivity index (χ1n) is 9.93. The molecule has 2 heterocycles. The molecule has 0 saturated carbocycles. The second-order valence-electron chi connectivity index (χ2n) is 7.78. The van der Waals surface area contributed by atoms with Crippen LogP contribution in [0, 0.1) is 27.7 Å². The number of benzene rings is 2. The molecule has 4 rings (SSSR count). The van der Waals surface area contributed by atoms with Crippen molar-refractivity contribution < 1.29 is 4.79 Å². The van der Waals surface area contributed by atoms with Crippen LogP contribution in [0.3, 0.4) is 0 Å². The zero-order valence-electron chi connectivity index (χ0n) is 17.6. The zero-order chi connectivity index (χ0) is 21.4. The maximum Gasteiger partial charge on any atom is 0.230 e. The van der Waals surface area contributed by atoms with Gasteiger partial charge < -0.3 is 9.72 Å². The van der Waals surface area contributed by atoms with E-state index >= 15 is 0 Å². The minimum absolute atomic E-state index is 0.103. The molecule has 0 unspecified atom stereocenters. The first-order chi connectivity index (χ1) is 14.3. The van der Waals surface area contributed by atoms with Crippen molar-refractivity contribution >= 4 is 28.8 Å². The second-order valence-corrected chi connectivity index (χ2v) is 8.21. The molecule has 2 aromatic carbocycles. The Morgan fingerprint density at radius 2 is 1.73 bits per heavy atom. The number of nitrogens with one attached hydrogen (secondary N) is 1. The highest BCUT2D eigenvalue weighted by Crippen LogP contribution is 2.28. The normalized spacial score (nSPS) is 11.1. The van der Waals surface area contributed by atoms with E-state index < -0.39 is 0 Å². The average Bonchev–Trinajstić information content (AvgIpc) is 3.07. The number of carbonyl (C=O) groups excluding carboxylic acids is 1. The van der Waals surface area contributed by atoms with Crippen molar-refractivity contribution in [3.63, 3.8) is 0 Å². The van der Waals surface area contributed by atoms with Crippen LogP contribution in [0.5, 0.6) is 0 Å². The Hall–Kier alpha value is -3.11. The van der Waals surface area contributed by atoms with Gasteiger partial charge in [0.1, 0.15) is 5.65 Å². The fourth-order valence-corrected chi connectivity index (χ4v) is 3.79. The Balaban J connectivity index is 1.77. The van der Waals surface area contributed by atoms with Crippen LogP contribution in [0.1, 0.15) is 27.9 Å². The lowest BCUT2D eigenvalue weighted by molar-refractivity contribution is -0.115. The summed E-state index contributed by atoms with van der Waals surface area (Å²) in [4.78, 5) is 17.9. The number of nitrogens with zero attached hydrogens (tertiary/aromatic N) is 2. The van der Waals surface area contributed by atoms with Gasteiger partial charge in [-0.2, -0.15) is 0 Å². The van der Waals surface area contributed by atoms with Crippen LogP contribution in [0.2, 0.25) is 5.02 Å². The lowest BCUT2D eigenvalue weighted by Crippen LogP contribution is -2.16. The number of imidazole rings is 1. The van der Waals surface area contributed by atoms with Gasteiger partial charge in [-0.3, -0.25) is 4.79 Å². The number of carbonyl (C=O) groups is 1. The maximum atomic E-state index is 13.0. The molecule has 0 aliphatic carbocycles. The summed E-state index contributed by atoms with van der Waals surface area (Å²) >= 11 is 6.11. The summed E-state index contributed by atoms with van der Waals surface area (Å²) in [5, 5.41) is 3.60. The van der Waals surface area contributed by atoms with Gasteiger partial charge in [-0.1, -0.05) is 35.9 Å². The molecule has 0 aliphatic heterocycles. The van der Waals surface area contributed by atoms with E-state index in [9.17, 15) is 4.79 Å². The maximum absolute atomic E-state index is 13.0. The predicted octanol–water partition coefficient (Wildman–Crippen LogP) is 6.07. The Labute approximate surface area is 181 Å². The molecule has 4 aromatic rings. The van der Waals surface area contributed by atoms with Crippen LogP contribution in [-0.2, 0) is 11.2 Å². The quantitative estimate of drug-likeness (QED) is 0.438. The van der Waals surface area contributed by atoms with Crippen molar-refractivity contribution in [2.45, 2.75) is 34.1 Å². The number of aryl methyl sites for hydroxylation is 4. The Bertz CT molecular complexity index is 1270. The minimum atomic E-state index is -0.103. The van der Waals surface area contributed by atoms with Crippen LogP contribution < -0.4 is 5.32 Å². The number of amides is 1. The molecule has 0 saturated heterocycles. The number of fused-ring (bicyclic) bond motifs is 1. The Morgan fingerprint density at radius 3 is 2.50 bits per heavy atom. The van der Waals surface area contributed by atoms with E-state index in [0.29, 0.717) is 5.02 Å². The topological polar surface area (TPSA) is 46.4 Å². The summed E-state index contributed by atoms with van der Waals surface area (Å²) in [6.45, 7) is 8.17. The zero-order valence-corrected chi connectivity index (χ0v) is 18.3. The van der Waals surface area contributed by atoms with E-state index in [4.69, 9.17) is 16.6 Å². The average molecular weight is 418 g/mol. The first-order valence-corrected chi connectivity index (χ1v) is 10.3. The van der Waals surface area contributed by atoms with Crippen molar-refractivity contribution in [2.75, 3.05) is 5.32 Å². The summed E-state index contributed by atoms with van der Waals surface area (Å²) in [6.07, 6.45) is 2.17. The number of rotatable bonds is 4. The van der Waals surface area contributed by atoms with Crippen LogP contribution in [0.15, 0.2) is 54.7 Å². The van der Waals surface area contributed by atoms with E-state index in [2.05, 4.69) is 37.4 Å². The fraction of sp³-hybridized carbons (Fsp3) is 0.200. The lowest BCUT2D eigenvalue weighted by Gasteiger charge is -2.10. The number of hydrogen-bond acceptors (Lipinski definition) is 2. The minimum Gasteiger partial charge on any atom is -0.325 e. The molecule has 0 bridgehead atoms. The molecule has 4 nitrogen and oxygen atoms in total. The van der Waals surface area contributed by atoms with Gasteiger partial charge in [-0.25, -0.2) is 4.98 Å². The van der Waals surface area contributed by atoms with Gasteiger partial charge in [0, 0.05) is 22.5 Å². The smallest absolute Gasteiger partial charge is 0.230 e. The van der Waals surface area contributed by atoms with E-state index in [1.165, 1.54) is 11.1 Å². The van der Waals surface area contributed by atoms with Gasteiger partial charge in [0.05, 0.1) is 17.8 Å². The summed E-state index contributed by atoms with van der Waals surface area (Å²) in [5.74, 6) is -0.103. The summed E-state index contributed by atoms with van der Waals surface area (Å²) in [6, 6.07) is 15.8. The van der Waals surface area contributed by atoms with E-state index in [0.717, 1.165) is 39.4 Å². The predicted molar refractivity (Wildman–Crippen MR) is 123 cm³/mol. The number of hydrogen-bond donors (Lipinski definition) is 1. The van der Waals surface area contributed by atoms with E-state index in [1.54, 1.807) is 6.07 Å². The molecule has 2 aromatic heterocycles. The van der Waals surface area contributed by atoms with Gasteiger partial charge in [-0.05, 0) is 74.2 Å². The molecular weight excluding hydrogens is 394 g/mol. The highest BCUT2D eigenvalue weighted by atomic mass is 35.5. The third-order valence-electron chi connectivity index (χ3n) is 5.53. The second kappa shape index (κ2) is 7.96. The molecule has 5 heteroatoms. The molecule has 30 heavy (non-hydrogen) atoms. The first kappa shape index (κ1) is 20.2. The molecule has 0 atom stereocenters. The van der Waals surface area contributed by atoms with Crippen LogP contribution in [-0.4, -0.2) is 15.3 Å². The molecule has 0 radical (unpaired) electrons. The summed E-state index contributed by atoms with van der Waals surface area (Å²) in [5.41, 5.74) is 8.79. The molecule has 152 valence electrons. The van der Waals surface area contributed by atoms with E-state index in [-0.39, 0.29) is 12.3 Å². The molecule has 0 spiro atoms. The number of pyridine rings is 1. The third kappa shape index (κ3) is 3.83. The van der Waals surface area contributed by atoms with Crippen LogP contribution in [0.25, 0.3) is 16.9 Å². The van der Waals surface area contributed by atoms with Gasteiger partial charge in [-0.15, -0.1) is 0 Å². The number of anilines is 1. The van der Waals surface area contributed by atoms with Crippen molar-refractivity contribution in [1.82, 2.24) is 9.38 Å². The lowest BCUT2D eigenvalue weighted by atomic mass is 10.0.